The van der Waals surface area contributed by atoms with Gasteiger partial charge in [-0.2, -0.15) is 0 Å². The molecular formula is C18H23NO9. The number of hydrogen-bond donors (Lipinski definition) is 0. The second-order valence-corrected chi connectivity index (χ2v) is 6.32. The molecule has 0 amide bonds. The maximum absolute atomic E-state index is 11.9. The van der Waals surface area contributed by atoms with E-state index in [9.17, 15) is 19.2 Å². The predicted molar refractivity (Wildman–Crippen MR) is 92.8 cm³/mol. The van der Waals surface area contributed by atoms with E-state index in [2.05, 4.69) is 0 Å². The van der Waals surface area contributed by atoms with Gasteiger partial charge in [-0.1, -0.05) is 13.0 Å². The Bertz CT molecular complexity index is 774. The summed E-state index contributed by atoms with van der Waals surface area (Å²) < 4.78 is 22.4. The third-order valence-electron chi connectivity index (χ3n) is 4.01. The lowest BCUT2D eigenvalue weighted by Crippen LogP contribution is -2.60. The third kappa shape index (κ3) is 5.56. The fraction of sp³-hybridized carbons (Fsp3) is 0.556. The van der Waals surface area contributed by atoms with Gasteiger partial charge in [0.15, 0.2) is 6.10 Å². The zero-order valence-corrected chi connectivity index (χ0v) is 16.0. The van der Waals surface area contributed by atoms with Crippen LogP contribution in [0.4, 0.5) is 0 Å². The van der Waals surface area contributed by atoms with Crippen molar-refractivity contribution in [3.63, 3.8) is 0 Å². The van der Waals surface area contributed by atoms with Gasteiger partial charge in [0.25, 0.3) is 5.56 Å². The van der Waals surface area contributed by atoms with Gasteiger partial charge < -0.3 is 23.8 Å². The van der Waals surface area contributed by atoms with Crippen LogP contribution in [-0.4, -0.2) is 53.8 Å². The van der Waals surface area contributed by atoms with Crippen LogP contribution in [0.25, 0.3) is 0 Å². The summed E-state index contributed by atoms with van der Waals surface area (Å²) in [6.45, 7) is 5.02. The van der Waals surface area contributed by atoms with Gasteiger partial charge >= 0.3 is 17.9 Å². The van der Waals surface area contributed by atoms with E-state index in [0.29, 0.717) is 0 Å². The van der Waals surface area contributed by atoms with Crippen LogP contribution in [0.2, 0.25) is 0 Å². The largest absolute Gasteiger partial charge is 0.463 e. The normalized spacial score (nSPS) is 26.8. The predicted octanol–water partition coefficient (Wildman–Crippen LogP) is 0.0644. The monoisotopic (exact) mass is 397 g/mol. The molecule has 5 atom stereocenters. The number of hydrogen-bond acceptors (Lipinski definition) is 9. The summed E-state index contributed by atoms with van der Waals surface area (Å²) >= 11 is 0. The quantitative estimate of drug-likeness (QED) is 0.485. The first-order valence-electron chi connectivity index (χ1n) is 8.67. The highest BCUT2D eigenvalue weighted by Gasteiger charge is 2.49. The van der Waals surface area contributed by atoms with Crippen molar-refractivity contribution in [2.24, 2.45) is 5.92 Å². The highest BCUT2D eigenvalue weighted by atomic mass is 16.8. The molecule has 0 saturated carbocycles. The number of pyridine rings is 1. The van der Waals surface area contributed by atoms with E-state index in [4.69, 9.17) is 23.8 Å². The Morgan fingerprint density at radius 2 is 1.68 bits per heavy atom. The van der Waals surface area contributed by atoms with Gasteiger partial charge in [-0.3, -0.25) is 19.2 Å². The number of rotatable bonds is 6. The standard InChI is InChI=1S/C18H23NO9/c1-10-16(25-12(3)21)17(26-13(4)22)14(9-24-11(2)20)27-18(10)28-19-8-6-5-7-15(19)23/h5-8,10,14,16-18H,9H2,1-4H3. The van der Waals surface area contributed by atoms with E-state index >= 15 is 0 Å². The van der Waals surface area contributed by atoms with Crippen LogP contribution in [0.3, 0.4) is 0 Å². The molecule has 5 unspecified atom stereocenters. The molecule has 1 saturated heterocycles. The maximum atomic E-state index is 11.9. The van der Waals surface area contributed by atoms with Crippen molar-refractivity contribution in [3.8, 4) is 0 Å². The van der Waals surface area contributed by atoms with Crippen molar-refractivity contribution in [3.05, 3.63) is 34.7 Å². The van der Waals surface area contributed by atoms with Crippen molar-refractivity contribution in [2.45, 2.75) is 52.3 Å². The van der Waals surface area contributed by atoms with Gasteiger partial charge in [0.05, 0.1) is 5.92 Å². The second kappa shape index (κ2) is 9.36. The van der Waals surface area contributed by atoms with Crippen LogP contribution in [0, 0.1) is 5.92 Å². The van der Waals surface area contributed by atoms with E-state index in [1.54, 1.807) is 19.1 Å². The van der Waals surface area contributed by atoms with Gasteiger partial charge in [0.2, 0.25) is 6.29 Å². The van der Waals surface area contributed by atoms with Crippen LogP contribution in [0.1, 0.15) is 27.7 Å². The average molecular weight is 397 g/mol. The minimum atomic E-state index is -1.04. The lowest BCUT2D eigenvalue weighted by atomic mass is 9.92. The fourth-order valence-corrected chi connectivity index (χ4v) is 2.81. The van der Waals surface area contributed by atoms with Gasteiger partial charge in [-0.25, -0.2) is 0 Å². The molecule has 10 nitrogen and oxygen atoms in total. The van der Waals surface area contributed by atoms with Crippen LogP contribution in [0.15, 0.2) is 29.2 Å². The summed E-state index contributed by atoms with van der Waals surface area (Å²) in [5.41, 5.74) is -0.430. The first kappa shape index (κ1) is 21.4. The van der Waals surface area contributed by atoms with E-state index in [1.807, 2.05) is 0 Å². The van der Waals surface area contributed by atoms with Crippen molar-refractivity contribution in [2.75, 3.05) is 6.61 Å². The first-order chi connectivity index (χ1) is 13.2. The Kier molecular flexibility index (Phi) is 7.16. The highest BCUT2D eigenvalue weighted by Crippen LogP contribution is 2.30. The van der Waals surface area contributed by atoms with Crippen LogP contribution < -0.4 is 10.4 Å². The SMILES string of the molecule is CC(=O)OCC1OC(On2ccccc2=O)C(C)C(OC(C)=O)C1OC(C)=O. The summed E-state index contributed by atoms with van der Waals surface area (Å²) in [6.07, 6.45) is -2.59. The van der Waals surface area contributed by atoms with Gasteiger partial charge in [-0.05, 0) is 6.07 Å². The summed E-state index contributed by atoms with van der Waals surface area (Å²) in [7, 11) is 0. The van der Waals surface area contributed by atoms with Gasteiger partial charge in [0.1, 0.15) is 18.8 Å². The maximum Gasteiger partial charge on any atom is 0.303 e. The average Bonchev–Trinajstić information content (AvgIpc) is 2.60. The smallest absolute Gasteiger partial charge is 0.303 e. The molecule has 0 aromatic carbocycles. The number of carbonyl (C=O) groups is 3. The Balaban J connectivity index is 2.32. The summed E-state index contributed by atoms with van der Waals surface area (Å²) in [5.74, 6) is -2.40. The summed E-state index contributed by atoms with van der Waals surface area (Å²) in [5, 5.41) is 0. The zero-order chi connectivity index (χ0) is 20.8. The molecule has 1 aliphatic heterocycles. The Morgan fingerprint density at radius 1 is 1.04 bits per heavy atom. The molecule has 154 valence electrons. The molecule has 1 aliphatic rings. The minimum Gasteiger partial charge on any atom is -0.463 e. The van der Waals surface area contributed by atoms with Crippen molar-refractivity contribution < 1.29 is 38.2 Å². The van der Waals surface area contributed by atoms with Crippen molar-refractivity contribution in [1.82, 2.24) is 4.73 Å². The molecule has 1 aromatic heterocycles. The zero-order valence-electron chi connectivity index (χ0n) is 16.0. The molecule has 2 heterocycles. The van der Waals surface area contributed by atoms with E-state index < -0.39 is 54.0 Å². The summed E-state index contributed by atoms with van der Waals surface area (Å²) in [4.78, 5) is 51.9. The molecule has 0 bridgehead atoms. The number of esters is 3. The van der Waals surface area contributed by atoms with E-state index in [-0.39, 0.29) is 6.61 Å². The van der Waals surface area contributed by atoms with Crippen molar-refractivity contribution in [1.29, 1.82) is 0 Å². The number of carbonyl (C=O) groups excluding carboxylic acids is 3. The van der Waals surface area contributed by atoms with E-state index in [1.165, 1.54) is 33.0 Å². The molecule has 2 rings (SSSR count). The lowest BCUT2D eigenvalue weighted by molar-refractivity contribution is -0.289. The van der Waals surface area contributed by atoms with Crippen LogP contribution in [0.5, 0.6) is 0 Å². The second-order valence-electron chi connectivity index (χ2n) is 6.32. The fourth-order valence-electron chi connectivity index (χ4n) is 2.81. The van der Waals surface area contributed by atoms with Crippen LogP contribution in [-0.2, 0) is 33.3 Å². The Morgan fingerprint density at radius 3 is 2.25 bits per heavy atom. The number of aromatic nitrogens is 1. The van der Waals surface area contributed by atoms with Crippen LogP contribution >= 0.6 is 0 Å². The molecule has 10 heteroatoms. The molecule has 28 heavy (non-hydrogen) atoms. The van der Waals surface area contributed by atoms with E-state index in [0.717, 1.165) is 4.73 Å². The molecule has 0 radical (unpaired) electrons. The molecule has 0 N–H and O–H groups in total. The molecule has 1 fully saturated rings. The minimum absolute atomic E-state index is 0.263. The third-order valence-corrected chi connectivity index (χ3v) is 4.01. The van der Waals surface area contributed by atoms with Crippen molar-refractivity contribution >= 4 is 17.9 Å². The molecule has 0 aliphatic carbocycles. The molecule has 0 spiro atoms. The first-order valence-corrected chi connectivity index (χ1v) is 8.67. The molecular weight excluding hydrogens is 374 g/mol. The molecule has 1 aromatic rings. The Hall–Kier alpha value is -2.88. The van der Waals surface area contributed by atoms with Gasteiger partial charge in [-0.15, -0.1) is 4.73 Å². The number of ether oxygens (including phenoxy) is 4. The topological polar surface area (TPSA) is 119 Å². The van der Waals surface area contributed by atoms with Gasteiger partial charge in [0, 0.05) is 33.0 Å². The highest BCUT2D eigenvalue weighted by molar-refractivity contribution is 5.67. The number of nitrogens with zero attached hydrogens (tertiary/aromatic N) is 1. The lowest BCUT2D eigenvalue weighted by Gasteiger charge is -2.43. The Labute approximate surface area is 161 Å². The summed E-state index contributed by atoms with van der Waals surface area (Å²) in [6, 6.07) is 4.45.